The molecule has 0 fully saturated rings. The van der Waals surface area contributed by atoms with E-state index < -0.39 is 4.92 Å². The highest BCUT2D eigenvalue weighted by molar-refractivity contribution is 6.31. The molecule has 6 nitrogen and oxygen atoms in total. The number of benzene rings is 1. The number of nitrogens with one attached hydrogen (secondary N) is 1. The molecule has 0 saturated carbocycles. The van der Waals surface area contributed by atoms with E-state index in [2.05, 4.69) is 5.32 Å². The Hall–Kier alpha value is -1.82. The number of nitrogens with zero attached hydrogens (tertiary/aromatic N) is 2. The Morgan fingerprint density at radius 2 is 2.06 bits per heavy atom. The Morgan fingerprint density at radius 1 is 1.44 bits per heavy atom. The average molecular weight is 272 g/mol. The Balaban J connectivity index is 2.97. The van der Waals surface area contributed by atoms with Crippen molar-refractivity contribution in [3.8, 4) is 0 Å². The van der Waals surface area contributed by atoms with Gasteiger partial charge in [-0.15, -0.1) is 0 Å². The predicted molar refractivity (Wildman–Crippen MR) is 70.0 cm³/mol. The van der Waals surface area contributed by atoms with E-state index in [1.54, 1.807) is 0 Å². The van der Waals surface area contributed by atoms with Gasteiger partial charge in [-0.25, -0.2) is 4.79 Å². The number of rotatable bonds is 4. The Bertz CT molecular complexity index is 461. The van der Waals surface area contributed by atoms with E-state index in [4.69, 9.17) is 11.6 Å². The summed E-state index contributed by atoms with van der Waals surface area (Å²) in [6.07, 6.45) is 0. The molecular formula is C11H14ClN3O3. The summed E-state index contributed by atoms with van der Waals surface area (Å²) >= 11 is 5.69. The largest absolute Gasteiger partial charge is 0.325 e. The molecule has 1 N–H and O–H groups in total. The van der Waals surface area contributed by atoms with Crippen molar-refractivity contribution in [1.29, 1.82) is 0 Å². The summed E-state index contributed by atoms with van der Waals surface area (Å²) in [4.78, 5) is 23.6. The van der Waals surface area contributed by atoms with Crippen molar-refractivity contribution < 1.29 is 9.72 Å². The highest BCUT2D eigenvalue weighted by Crippen LogP contribution is 2.27. The number of anilines is 1. The molecule has 0 heterocycles. The van der Waals surface area contributed by atoms with Gasteiger partial charge >= 0.3 is 6.03 Å². The topological polar surface area (TPSA) is 75.5 Å². The number of hydrogen-bond donors (Lipinski definition) is 1. The van der Waals surface area contributed by atoms with Crippen LogP contribution in [0.15, 0.2) is 18.2 Å². The Labute approximate surface area is 110 Å². The molecule has 0 aliphatic rings. The van der Waals surface area contributed by atoms with E-state index in [-0.39, 0.29) is 22.4 Å². The molecule has 0 spiro atoms. The SMILES string of the molecule is CCN(CC)C(=O)Nc1ccc(Cl)cc1[N+](=O)[O-]. The van der Waals surface area contributed by atoms with Crippen LogP contribution in [0.3, 0.4) is 0 Å². The monoisotopic (exact) mass is 271 g/mol. The fourth-order valence-corrected chi connectivity index (χ4v) is 1.63. The highest BCUT2D eigenvalue weighted by Gasteiger charge is 2.18. The van der Waals surface area contributed by atoms with Crippen LogP contribution in [0.4, 0.5) is 16.2 Å². The standard InChI is InChI=1S/C11H14ClN3O3/c1-3-14(4-2)11(16)13-9-6-5-8(12)7-10(9)15(17)18/h5-7H,3-4H2,1-2H3,(H,13,16). The highest BCUT2D eigenvalue weighted by atomic mass is 35.5. The smallest absolute Gasteiger partial charge is 0.322 e. The summed E-state index contributed by atoms with van der Waals surface area (Å²) in [5.74, 6) is 0. The molecule has 0 saturated heterocycles. The number of nitro benzene ring substituents is 1. The molecule has 0 aromatic heterocycles. The average Bonchev–Trinajstić information content (AvgIpc) is 2.32. The lowest BCUT2D eigenvalue weighted by Crippen LogP contribution is -2.34. The zero-order chi connectivity index (χ0) is 13.7. The Morgan fingerprint density at radius 3 is 2.56 bits per heavy atom. The van der Waals surface area contributed by atoms with Crippen molar-refractivity contribution in [1.82, 2.24) is 4.90 Å². The van der Waals surface area contributed by atoms with Gasteiger partial charge in [0.15, 0.2) is 0 Å². The number of nitro groups is 1. The Kier molecular flexibility index (Phi) is 4.91. The molecule has 2 amide bonds. The second-order valence-corrected chi connectivity index (χ2v) is 3.96. The molecule has 0 aliphatic heterocycles. The van der Waals surface area contributed by atoms with Gasteiger partial charge in [0.1, 0.15) is 5.69 Å². The van der Waals surface area contributed by atoms with E-state index in [0.29, 0.717) is 13.1 Å². The number of halogens is 1. The maximum Gasteiger partial charge on any atom is 0.322 e. The molecule has 1 aromatic rings. The van der Waals surface area contributed by atoms with E-state index in [1.807, 2.05) is 13.8 Å². The molecule has 1 rings (SSSR count). The minimum atomic E-state index is -0.580. The van der Waals surface area contributed by atoms with Gasteiger partial charge in [0.25, 0.3) is 5.69 Å². The summed E-state index contributed by atoms with van der Waals surface area (Å²) in [6, 6.07) is 3.75. The molecule has 98 valence electrons. The van der Waals surface area contributed by atoms with Crippen molar-refractivity contribution in [3.63, 3.8) is 0 Å². The van der Waals surface area contributed by atoms with E-state index >= 15 is 0 Å². The summed E-state index contributed by atoms with van der Waals surface area (Å²) in [5, 5.41) is 13.6. The molecular weight excluding hydrogens is 258 g/mol. The predicted octanol–water partition coefficient (Wildman–Crippen LogP) is 3.12. The first-order chi connectivity index (χ1) is 8.49. The third-order valence-electron chi connectivity index (χ3n) is 2.45. The summed E-state index contributed by atoms with van der Waals surface area (Å²) in [6.45, 7) is 4.73. The minimum Gasteiger partial charge on any atom is -0.325 e. The number of amides is 2. The second-order valence-electron chi connectivity index (χ2n) is 3.52. The summed E-state index contributed by atoms with van der Waals surface area (Å²) < 4.78 is 0. The van der Waals surface area contributed by atoms with Gasteiger partial charge < -0.3 is 10.2 Å². The van der Waals surface area contributed by atoms with Crippen molar-refractivity contribution >= 4 is 29.0 Å². The van der Waals surface area contributed by atoms with Crippen LogP contribution in [0.1, 0.15) is 13.8 Å². The molecule has 1 aromatic carbocycles. The van der Waals surface area contributed by atoms with Crippen LogP contribution in [0, 0.1) is 10.1 Å². The minimum absolute atomic E-state index is 0.140. The lowest BCUT2D eigenvalue weighted by Gasteiger charge is -2.19. The zero-order valence-electron chi connectivity index (χ0n) is 10.1. The van der Waals surface area contributed by atoms with Crippen LogP contribution in [-0.2, 0) is 0 Å². The van der Waals surface area contributed by atoms with Crippen LogP contribution >= 0.6 is 11.6 Å². The molecule has 0 unspecified atom stereocenters. The summed E-state index contributed by atoms with van der Waals surface area (Å²) in [5.41, 5.74) is -0.0793. The van der Waals surface area contributed by atoms with Crippen LogP contribution in [-0.4, -0.2) is 28.9 Å². The number of carbonyl (C=O) groups is 1. The van der Waals surface area contributed by atoms with Crippen LogP contribution in [0.5, 0.6) is 0 Å². The van der Waals surface area contributed by atoms with E-state index in [9.17, 15) is 14.9 Å². The summed E-state index contributed by atoms with van der Waals surface area (Å²) in [7, 11) is 0. The van der Waals surface area contributed by atoms with Crippen molar-refractivity contribution in [2.45, 2.75) is 13.8 Å². The number of carbonyl (C=O) groups excluding carboxylic acids is 1. The first-order valence-corrected chi connectivity index (χ1v) is 5.87. The van der Waals surface area contributed by atoms with Gasteiger partial charge in [0.2, 0.25) is 0 Å². The van der Waals surface area contributed by atoms with Crippen molar-refractivity contribution in [2.24, 2.45) is 0 Å². The fourth-order valence-electron chi connectivity index (χ4n) is 1.47. The van der Waals surface area contributed by atoms with Gasteiger partial charge in [-0.1, -0.05) is 11.6 Å². The van der Waals surface area contributed by atoms with Gasteiger partial charge in [-0.05, 0) is 26.0 Å². The van der Waals surface area contributed by atoms with Crippen LogP contribution in [0.2, 0.25) is 5.02 Å². The van der Waals surface area contributed by atoms with Gasteiger partial charge in [-0.2, -0.15) is 0 Å². The van der Waals surface area contributed by atoms with Crippen molar-refractivity contribution in [2.75, 3.05) is 18.4 Å². The zero-order valence-corrected chi connectivity index (χ0v) is 10.9. The first kappa shape index (κ1) is 14.2. The van der Waals surface area contributed by atoms with Crippen molar-refractivity contribution in [3.05, 3.63) is 33.3 Å². The second kappa shape index (κ2) is 6.20. The van der Waals surface area contributed by atoms with E-state index in [0.717, 1.165) is 0 Å². The maximum absolute atomic E-state index is 11.8. The van der Waals surface area contributed by atoms with E-state index in [1.165, 1.54) is 23.1 Å². The maximum atomic E-state index is 11.8. The van der Waals surface area contributed by atoms with Crippen LogP contribution in [0.25, 0.3) is 0 Å². The molecule has 7 heteroatoms. The van der Waals surface area contributed by atoms with Gasteiger partial charge in [0, 0.05) is 24.2 Å². The molecule has 18 heavy (non-hydrogen) atoms. The third-order valence-corrected chi connectivity index (χ3v) is 2.68. The first-order valence-electron chi connectivity index (χ1n) is 5.49. The number of urea groups is 1. The molecule has 0 atom stereocenters. The molecule has 0 bridgehead atoms. The lowest BCUT2D eigenvalue weighted by atomic mass is 10.2. The van der Waals surface area contributed by atoms with Gasteiger partial charge in [-0.3, -0.25) is 10.1 Å². The van der Waals surface area contributed by atoms with Gasteiger partial charge in [0.05, 0.1) is 4.92 Å². The fraction of sp³-hybridized carbons (Fsp3) is 0.364. The lowest BCUT2D eigenvalue weighted by molar-refractivity contribution is -0.383. The molecule has 0 radical (unpaired) electrons. The quantitative estimate of drug-likeness (QED) is 0.675. The van der Waals surface area contributed by atoms with Crippen LogP contribution < -0.4 is 5.32 Å². The normalized spacial score (nSPS) is 9.94. The number of hydrogen-bond acceptors (Lipinski definition) is 3. The molecule has 0 aliphatic carbocycles. The third kappa shape index (κ3) is 3.33.